The zero-order valence-corrected chi connectivity index (χ0v) is 13.9. The van der Waals surface area contributed by atoms with E-state index < -0.39 is 0 Å². The molecule has 2 aliphatic heterocycles. The van der Waals surface area contributed by atoms with Crippen molar-refractivity contribution in [3.05, 3.63) is 30.1 Å². The SMILES string of the molecule is CN(C)C[C@@H]1CO[C@]2(COCCN(C(=O)c3cccnc3)C2)C1. The van der Waals surface area contributed by atoms with Crippen LogP contribution >= 0.6 is 0 Å². The first-order chi connectivity index (χ1) is 11.1. The Morgan fingerprint density at radius 2 is 2.39 bits per heavy atom. The van der Waals surface area contributed by atoms with E-state index in [2.05, 4.69) is 24.0 Å². The molecule has 6 nitrogen and oxygen atoms in total. The van der Waals surface area contributed by atoms with E-state index in [9.17, 15) is 4.79 Å². The average molecular weight is 319 g/mol. The van der Waals surface area contributed by atoms with Crippen molar-refractivity contribution in [2.24, 2.45) is 5.92 Å². The van der Waals surface area contributed by atoms with Crippen LogP contribution < -0.4 is 0 Å². The van der Waals surface area contributed by atoms with Crippen molar-refractivity contribution in [2.75, 3.05) is 53.6 Å². The monoisotopic (exact) mass is 319 g/mol. The van der Waals surface area contributed by atoms with Gasteiger partial charge in [-0.1, -0.05) is 0 Å². The van der Waals surface area contributed by atoms with E-state index in [-0.39, 0.29) is 11.5 Å². The van der Waals surface area contributed by atoms with Gasteiger partial charge < -0.3 is 19.3 Å². The van der Waals surface area contributed by atoms with Gasteiger partial charge in [0, 0.05) is 25.5 Å². The van der Waals surface area contributed by atoms with E-state index in [0.717, 1.165) is 19.6 Å². The van der Waals surface area contributed by atoms with Gasteiger partial charge in [0.1, 0.15) is 5.60 Å². The molecule has 0 radical (unpaired) electrons. The first kappa shape index (κ1) is 16.4. The number of amides is 1. The molecular formula is C17H25N3O3. The van der Waals surface area contributed by atoms with Gasteiger partial charge in [-0.25, -0.2) is 0 Å². The van der Waals surface area contributed by atoms with Crippen molar-refractivity contribution in [3.8, 4) is 0 Å². The molecule has 1 aromatic rings. The average Bonchev–Trinajstić information content (AvgIpc) is 2.79. The van der Waals surface area contributed by atoms with Gasteiger partial charge in [-0.2, -0.15) is 0 Å². The second kappa shape index (κ2) is 6.95. The molecule has 1 spiro atoms. The zero-order valence-electron chi connectivity index (χ0n) is 13.9. The quantitative estimate of drug-likeness (QED) is 0.828. The van der Waals surface area contributed by atoms with Crippen LogP contribution in [0.5, 0.6) is 0 Å². The van der Waals surface area contributed by atoms with Crippen molar-refractivity contribution in [1.29, 1.82) is 0 Å². The molecule has 0 N–H and O–H groups in total. The van der Waals surface area contributed by atoms with Gasteiger partial charge >= 0.3 is 0 Å². The molecule has 6 heteroatoms. The van der Waals surface area contributed by atoms with Crippen molar-refractivity contribution in [1.82, 2.24) is 14.8 Å². The fourth-order valence-electron chi connectivity index (χ4n) is 3.53. The lowest BCUT2D eigenvalue weighted by molar-refractivity contribution is -0.0539. The minimum Gasteiger partial charge on any atom is -0.377 e. The first-order valence-electron chi connectivity index (χ1n) is 8.14. The van der Waals surface area contributed by atoms with Gasteiger partial charge in [0.2, 0.25) is 0 Å². The molecule has 2 aliphatic rings. The summed E-state index contributed by atoms with van der Waals surface area (Å²) in [6.07, 6.45) is 4.23. The lowest BCUT2D eigenvalue weighted by Gasteiger charge is -2.31. The molecule has 0 aliphatic carbocycles. The summed E-state index contributed by atoms with van der Waals surface area (Å²) in [5.41, 5.74) is 0.252. The number of carbonyl (C=O) groups is 1. The van der Waals surface area contributed by atoms with Crippen molar-refractivity contribution in [2.45, 2.75) is 12.0 Å². The van der Waals surface area contributed by atoms with Crippen molar-refractivity contribution in [3.63, 3.8) is 0 Å². The van der Waals surface area contributed by atoms with E-state index in [1.807, 2.05) is 4.90 Å². The molecule has 0 saturated carbocycles. The second-order valence-electron chi connectivity index (χ2n) is 6.85. The number of carbonyl (C=O) groups excluding carboxylic acids is 1. The molecule has 0 unspecified atom stereocenters. The highest BCUT2D eigenvalue weighted by molar-refractivity contribution is 5.93. The summed E-state index contributed by atoms with van der Waals surface area (Å²) in [4.78, 5) is 20.8. The maximum Gasteiger partial charge on any atom is 0.255 e. The van der Waals surface area contributed by atoms with Crippen LogP contribution in [0, 0.1) is 5.92 Å². The number of rotatable bonds is 3. The lowest BCUT2D eigenvalue weighted by atomic mass is 9.94. The van der Waals surface area contributed by atoms with Gasteiger partial charge in [0.25, 0.3) is 5.91 Å². The lowest BCUT2D eigenvalue weighted by Crippen LogP contribution is -2.46. The number of hydrogen-bond donors (Lipinski definition) is 0. The molecule has 23 heavy (non-hydrogen) atoms. The predicted molar refractivity (Wildman–Crippen MR) is 86.3 cm³/mol. The normalized spacial score (nSPS) is 28.3. The fourth-order valence-corrected chi connectivity index (χ4v) is 3.53. The van der Waals surface area contributed by atoms with Crippen molar-refractivity contribution >= 4 is 5.91 Å². The van der Waals surface area contributed by atoms with Gasteiger partial charge in [-0.15, -0.1) is 0 Å². The fraction of sp³-hybridized carbons (Fsp3) is 0.647. The summed E-state index contributed by atoms with van der Waals surface area (Å²) in [7, 11) is 4.15. The van der Waals surface area contributed by atoms with E-state index in [4.69, 9.17) is 9.47 Å². The van der Waals surface area contributed by atoms with Crippen LogP contribution in [0.3, 0.4) is 0 Å². The van der Waals surface area contributed by atoms with E-state index in [1.165, 1.54) is 0 Å². The number of hydrogen-bond acceptors (Lipinski definition) is 5. The summed E-state index contributed by atoms with van der Waals surface area (Å²) in [6, 6.07) is 3.59. The van der Waals surface area contributed by atoms with Crippen LogP contribution in [0.4, 0.5) is 0 Å². The minimum atomic E-state index is -0.366. The Hall–Kier alpha value is -1.50. The number of aromatic nitrogens is 1. The summed E-state index contributed by atoms with van der Waals surface area (Å²) < 4.78 is 11.9. The number of ether oxygens (including phenoxy) is 2. The third kappa shape index (κ3) is 3.88. The van der Waals surface area contributed by atoms with Gasteiger partial charge in [0.15, 0.2) is 0 Å². The highest BCUT2D eigenvalue weighted by Crippen LogP contribution is 2.33. The minimum absolute atomic E-state index is 0.00244. The molecule has 0 bridgehead atoms. The van der Waals surface area contributed by atoms with Crippen LogP contribution in [-0.2, 0) is 9.47 Å². The molecule has 0 aromatic carbocycles. The van der Waals surface area contributed by atoms with Gasteiger partial charge in [0.05, 0.1) is 31.9 Å². The Labute approximate surface area is 137 Å². The standard InChI is InChI=1S/C17H25N3O3/c1-19(2)10-14-8-17(23-11-14)12-20(6-7-22-13-17)16(21)15-4-3-5-18-9-15/h3-5,9,14H,6-8,10-13H2,1-2H3/t14-,17-/m1/s1. The molecule has 2 fully saturated rings. The summed E-state index contributed by atoms with van der Waals surface area (Å²) in [5, 5.41) is 0. The molecule has 2 atom stereocenters. The predicted octanol–water partition coefficient (Wildman–Crippen LogP) is 0.891. The molecule has 126 valence electrons. The Kier molecular flexibility index (Phi) is 4.94. The Morgan fingerprint density at radius 3 is 3.13 bits per heavy atom. The highest BCUT2D eigenvalue weighted by Gasteiger charge is 2.44. The Balaban J connectivity index is 1.70. The summed E-state index contributed by atoms with van der Waals surface area (Å²) in [6.45, 7) is 4.03. The maximum atomic E-state index is 12.7. The second-order valence-corrected chi connectivity index (χ2v) is 6.85. The van der Waals surface area contributed by atoms with Crippen molar-refractivity contribution < 1.29 is 14.3 Å². The van der Waals surface area contributed by atoms with Crippen LogP contribution in [-0.4, -0.2) is 79.8 Å². The smallest absolute Gasteiger partial charge is 0.255 e. The maximum absolute atomic E-state index is 12.7. The first-order valence-corrected chi connectivity index (χ1v) is 8.14. The van der Waals surface area contributed by atoms with Gasteiger partial charge in [-0.05, 0) is 38.6 Å². The Morgan fingerprint density at radius 1 is 1.52 bits per heavy atom. The number of pyridine rings is 1. The molecular weight excluding hydrogens is 294 g/mol. The van der Waals surface area contributed by atoms with E-state index in [0.29, 0.717) is 37.8 Å². The molecule has 3 heterocycles. The molecule has 1 amide bonds. The zero-order chi connectivity index (χ0) is 16.3. The Bertz CT molecular complexity index is 537. The highest BCUT2D eigenvalue weighted by atomic mass is 16.5. The third-order valence-corrected chi connectivity index (χ3v) is 4.45. The summed E-state index contributed by atoms with van der Waals surface area (Å²) >= 11 is 0. The van der Waals surface area contributed by atoms with Crippen LogP contribution in [0.2, 0.25) is 0 Å². The van der Waals surface area contributed by atoms with Gasteiger partial charge in [-0.3, -0.25) is 9.78 Å². The summed E-state index contributed by atoms with van der Waals surface area (Å²) in [5.74, 6) is 0.490. The van der Waals surface area contributed by atoms with Crippen LogP contribution in [0.1, 0.15) is 16.8 Å². The molecule has 3 rings (SSSR count). The van der Waals surface area contributed by atoms with E-state index in [1.54, 1.807) is 24.5 Å². The van der Waals surface area contributed by atoms with Crippen LogP contribution in [0.25, 0.3) is 0 Å². The third-order valence-electron chi connectivity index (χ3n) is 4.45. The van der Waals surface area contributed by atoms with E-state index >= 15 is 0 Å². The number of nitrogens with zero attached hydrogens (tertiary/aromatic N) is 3. The van der Waals surface area contributed by atoms with Crippen LogP contribution in [0.15, 0.2) is 24.5 Å². The molecule has 1 aromatic heterocycles. The topological polar surface area (TPSA) is 54.9 Å². The molecule has 2 saturated heterocycles. The largest absolute Gasteiger partial charge is 0.377 e.